The van der Waals surface area contributed by atoms with Gasteiger partial charge < -0.3 is 28.4 Å². The number of rotatable bonds is 19. The maximum absolute atomic E-state index is 12.4. The van der Waals surface area contributed by atoms with E-state index in [1.54, 1.807) is 0 Å². The molecule has 105 heavy (non-hydrogen) atoms. The first-order valence-electron chi connectivity index (χ1n) is 38.2. The Morgan fingerprint density at radius 1 is 0.229 bits per heavy atom. The molecule has 0 aromatic heterocycles. The van der Waals surface area contributed by atoms with Gasteiger partial charge in [-0.2, -0.15) is 0 Å². The van der Waals surface area contributed by atoms with Crippen molar-refractivity contribution >= 4 is 35.8 Å². The molecule has 0 atom stereocenters. The normalized spacial score (nSPS) is 17.7. The third-order valence-corrected chi connectivity index (χ3v) is 22.2. The Bertz CT molecular complexity index is 2140. The lowest BCUT2D eigenvalue weighted by atomic mass is 9.82. The van der Waals surface area contributed by atoms with Crippen LogP contribution in [-0.2, 0) is 57.2 Å². The third-order valence-electron chi connectivity index (χ3n) is 22.2. The van der Waals surface area contributed by atoms with Gasteiger partial charge in [-0.15, -0.1) is 0 Å². The van der Waals surface area contributed by atoms with Gasteiger partial charge in [0.2, 0.25) is 0 Å². The van der Waals surface area contributed by atoms with E-state index >= 15 is 0 Å². The van der Waals surface area contributed by atoms with Crippen LogP contribution in [0.15, 0.2) is 0 Å². The summed E-state index contributed by atoms with van der Waals surface area (Å²) in [5.41, 5.74) is -3.31. The molecule has 5 aliphatic carbocycles. The molecule has 12 heteroatoms. The van der Waals surface area contributed by atoms with Crippen LogP contribution in [0.2, 0.25) is 0 Å². The number of carbonyl (C=O) groups is 6. The number of hydrogen-bond donors (Lipinski definition) is 0. The smallest absolute Gasteiger partial charge is 0.312 e. The summed E-state index contributed by atoms with van der Waals surface area (Å²) in [6.07, 6.45) is 41.2. The Hall–Kier alpha value is -3.18. The van der Waals surface area contributed by atoms with Crippen LogP contribution >= 0.6 is 0 Å². The SMILES string of the molecule is C.C.C.C.C.C.C.C.C.C.C.C.CCC(C)(C)C(=O)OC(C)(C)C.CCC(C)(C)C(=O)OC1(C)CCCC1.CCC(C)(C)C(=O)OC1(C)CCCCC1.CCC(C)(C)C(=O)OC1(C)CCCCCCCCCCC1.CCC1(OC(=O)C(C)(C)CC)CCCC1.CCC1(OC(=O)C(C)(C)CC)CCCCC1. The van der Waals surface area contributed by atoms with Crippen molar-refractivity contribution in [3.8, 4) is 0 Å². The van der Waals surface area contributed by atoms with Gasteiger partial charge in [0.25, 0.3) is 0 Å². The van der Waals surface area contributed by atoms with E-state index in [-0.39, 0.29) is 191 Å². The van der Waals surface area contributed by atoms with Gasteiger partial charge in [0, 0.05) is 0 Å². The second-order valence-corrected chi connectivity index (χ2v) is 34.5. The zero-order chi connectivity index (χ0) is 71.9. The lowest BCUT2D eigenvalue weighted by Gasteiger charge is -2.38. The van der Waals surface area contributed by atoms with Crippen molar-refractivity contribution in [1.29, 1.82) is 0 Å². The molecule has 0 aromatic carbocycles. The summed E-state index contributed by atoms with van der Waals surface area (Å²) in [6, 6.07) is 0. The molecule has 0 amide bonds. The molecule has 0 radical (unpaired) electrons. The first-order chi connectivity index (χ1) is 42.8. The highest BCUT2D eigenvalue weighted by Crippen LogP contribution is 2.41. The Balaban J connectivity index is -0.0000000866. The molecule has 12 nitrogen and oxygen atoms in total. The molecule has 0 N–H and O–H groups in total. The standard InChI is InChI=1S/C19H36O2.C14H26O2.2C13H24O2.C12H22O2.C10H20O2.12CH4/c1-5-18(2,3)17(20)21-19(4)15-13-11-9-7-6-8-10-12-14-16-19;1-5-13(3,4)12(15)16-14(6-2)10-8-7-9-11-14;1-5-12(2,3)11(14)15-13(4)9-7-6-8-10-13;1-5-12(3,4)11(14)15-13(6-2)9-7-8-10-13;1-5-11(2,3)10(13)14-12(4)8-6-7-9-12;1-7-10(5,6)8(11)12-9(2,3)4;;;;;;;;;;;;/h5-16H2,1-4H3;5-11H2,1-4H3;2*5-10H2,1-4H3;5-9H2,1-4H3;7H2,1-6H3;12*1H4. The molecule has 0 aliphatic heterocycles. The highest BCUT2D eigenvalue weighted by Gasteiger charge is 2.43. The number of ether oxygens (including phenoxy) is 6. The topological polar surface area (TPSA) is 158 Å². The van der Waals surface area contributed by atoms with Crippen molar-refractivity contribution in [1.82, 2.24) is 0 Å². The lowest BCUT2D eigenvalue weighted by Crippen LogP contribution is -2.40. The van der Waals surface area contributed by atoms with Crippen LogP contribution in [0.25, 0.3) is 0 Å². The molecule has 5 fully saturated rings. The first kappa shape index (κ1) is 131. The summed E-state index contributed by atoms with van der Waals surface area (Å²) in [5, 5.41) is 0. The van der Waals surface area contributed by atoms with Crippen LogP contribution in [-0.4, -0.2) is 69.4 Å². The first-order valence-corrected chi connectivity index (χ1v) is 38.2. The summed E-state index contributed by atoms with van der Waals surface area (Å²) >= 11 is 0. The summed E-state index contributed by atoms with van der Waals surface area (Å²) < 4.78 is 34.2. The molecular weight excluding hydrogens is 1310 g/mol. The lowest BCUT2D eigenvalue weighted by molar-refractivity contribution is -0.175. The van der Waals surface area contributed by atoms with E-state index in [9.17, 15) is 28.8 Å². The van der Waals surface area contributed by atoms with Crippen molar-refractivity contribution in [2.24, 2.45) is 32.5 Å². The van der Waals surface area contributed by atoms with Crippen LogP contribution in [0.3, 0.4) is 0 Å². The largest absolute Gasteiger partial charge is 0.460 e. The monoisotopic (exact) mass is 1510 g/mol. The van der Waals surface area contributed by atoms with Crippen molar-refractivity contribution in [3.05, 3.63) is 0 Å². The van der Waals surface area contributed by atoms with Gasteiger partial charge in [0.05, 0.1) is 32.5 Å². The molecule has 0 heterocycles. The molecule has 5 saturated carbocycles. The van der Waals surface area contributed by atoms with Crippen molar-refractivity contribution in [2.75, 3.05) is 0 Å². The fourth-order valence-electron chi connectivity index (χ4n) is 11.4. The van der Waals surface area contributed by atoms with E-state index < -0.39 is 0 Å². The predicted octanol–water partition coefficient (Wildman–Crippen LogP) is 31.2. The van der Waals surface area contributed by atoms with Crippen LogP contribution in [0, 0.1) is 32.5 Å². The van der Waals surface area contributed by atoms with Crippen molar-refractivity contribution in [3.63, 3.8) is 0 Å². The maximum Gasteiger partial charge on any atom is 0.312 e. The van der Waals surface area contributed by atoms with Crippen LogP contribution in [0.1, 0.15) is 507 Å². The second-order valence-electron chi connectivity index (χ2n) is 34.5. The van der Waals surface area contributed by atoms with Gasteiger partial charge in [0.1, 0.15) is 33.6 Å². The van der Waals surface area contributed by atoms with Gasteiger partial charge >= 0.3 is 35.8 Å². The van der Waals surface area contributed by atoms with Crippen LogP contribution in [0.5, 0.6) is 0 Å². The van der Waals surface area contributed by atoms with Gasteiger partial charge in [-0.3, -0.25) is 28.8 Å². The minimum absolute atomic E-state index is 0. The van der Waals surface area contributed by atoms with Crippen molar-refractivity contribution in [2.45, 2.75) is 540 Å². The summed E-state index contributed by atoms with van der Waals surface area (Å²) in [4.78, 5) is 71.8. The van der Waals surface area contributed by atoms with Gasteiger partial charge in [-0.05, 0) is 304 Å². The zero-order valence-electron chi connectivity index (χ0n) is 66.1. The molecule has 0 aromatic rings. The van der Waals surface area contributed by atoms with Crippen LogP contribution in [0.4, 0.5) is 0 Å². The molecule has 5 aliphatic rings. The van der Waals surface area contributed by atoms with Gasteiger partial charge in [-0.1, -0.05) is 202 Å². The Morgan fingerprint density at radius 3 is 0.552 bits per heavy atom. The summed E-state index contributed by atoms with van der Waals surface area (Å²) in [6.45, 7) is 51.9. The maximum atomic E-state index is 12.4. The highest BCUT2D eigenvalue weighted by atomic mass is 16.6. The highest BCUT2D eigenvalue weighted by molar-refractivity contribution is 5.78. The molecule has 0 bridgehead atoms. The average molecular weight is 1510 g/mol. The fraction of sp³-hybridized carbons (Fsp3) is 0.935. The number of hydrogen-bond acceptors (Lipinski definition) is 12. The molecule has 0 spiro atoms. The van der Waals surface area contributed by atoms with E-state index in [2.05, 4.69) is 41.5 Å². The minimum atomic E-state index is -0.372. The zero-order valence-corrected chi connectivity index (χ0v) is 66.1. The quantitative estimate of drug-likeness (QED) is 0.0892. The number of esters is 6. The average Bonchev–Trinajstić information content (AvgIpc) is 1.78. The minimum Gasteiger partial charge on any atom is -0.460 e. The Morgan fingerprint density at radius 2 is 0.371 bits per heavy atom. The third kappa shape index (κ3) is 49.6. The molecule has 0 saturated heterocycles. The summed E-state index contributed by atoms with van der Waals surface area (Å²) in [7, 11) is 0. The van der Waals surface area contributed by atoms with E-state index in [1.807, 2.05) is 138 Å². The molecule has 644 valence electrons. The fourth-order valence-corrected chi connectivity index (χ4v) is 11.4. The van der Waals surface area contributed by atoms with Crippen molar-refractivity contribution < 1.29 is 57.2 Å². The van der Waals surface area contributed by atoms with E-state index in [4.69, 9.17) is 28.4 Å². The second kappa shape index (κ2) is 59.6. The van der Waals surface area contributed by atoms with Crippen LogP contribution < -0.4 is 0 Å². The van der Waals surface area contributed by atoms with E-state index in [0.717, 1.165) is 116 Å². The molecular formula is C93H200O12. The van der Waals surface area contributed by atoms with Gasteiger partial charge in [0.15, 0.2) is 0 Å². The molecule has 5 rings (SSSR count). The summed E-state index contributed by atoms with van der Waals surface area (Å²) in [5.74, 6) is -0.233. The predicted molar refractivity (Wildman–Crippen MR) is 467 cm³/mol. The number of carbonyl (C=O) groups excluding carboxylic acids is 6. The Labute approximate surface area is 662 Å². The van der Waals surface area contributed by atoms with E-state index in [1.165, 1.54) is 122 Å². The molecule has 0 unspecified atom stereocenters. The Kier molecular flexibility index (Phi) is 74.5. The van der Waals surface area contributed by atoms with E-state index in [0.29, 0.717) is 0 Å². The van der Waals surface area contributed by atoms with Gasteiger partial charge in [-0.25, -0.2) is 0 Å².